The molecule has 2 rings (SSSR count). The van der Waals surface area contributed by atoms with Gasteiger partial charge in [-0.05, 0) is 45.8 Å². The van der Waals surface area contributed by atoms with Gasteiger partial charge in [-0.15, -0.1) is 0 Å². The minimum absolute atomic E-state index is 0.0117. The van der Waals surface area contributed by atoms with Gasteiger partial charge in [0.1, 0.15) is 5.82 Å². The summed E-state index contributed by atoms with van der Waals surface area (Å²) in [4.78, 5) is 11.7. The highest BCUT2D eigenvalue weighted by atomic mass is 79.9. The molecule has 116 valence electrons. The standard InChI is InChI=1S/C13H16BrFN2O3S/c1-13(2)5-7(13)6-17-12(18)8-3-11(21(16,19)20)9(14)4-10(8)15/h3-4,7H,5-6H2,1-2H3,(H,17,18)(H2,16,19,20). The van der Waals surface area contributed by atoms with Gasteiger partial charge in [-0.1, -0.05) is 13.8 Å². The first-order chi connectivity index (χ1) is 9.52. The molecule has 1 aliphatic rings. The Hall–Kier alpha value is -0.990. The summed E-state index contributed by atoms with van der Waals surface area (Å²) in [5, 5.41) is 7.66. The van der Waals surface area contributed by atoms with Crippen LogP contribution >= 0.6 is 15.9 Å². The molecule has 0 bridgehead atoms. The maximum Gasteiger partial charge on any atom is 0.254 e. The van der Waals surface area contributed by atoms with Gasteiger partial charge in [0, 0.05) is 11.0 Å². The van der Waals surface area contributed by atoms with Gasteiger partial charge >= 0.3 is 0 Å². The van der Waals surface area contributed by atoms with Crippen LogP contribution in [-0.2, 0) is 10.0 Å². The number of amides is 1. The maximum absolute atomic E-state index is 13.8. The Bertz CT molecular complexity index is 704. The van der Waals surface area contributed by atoms with Gasteiger partial charge in [-0.2, -0.15) is 0 Å². The average Bonchev–Trinajstić information content (AvgIpc) is 2.92. The second kappa shape index (κ2) is 5.33. The van der Waals surface area contributed by atoms with Gasteiger partial charge in [0.25, 0.3) is 5.91 Å². The summed E-state index contributed by atoms with van der Waals surface area (Å²) in [6, 6.07) is 1.87. The number of carbonyl (C=O) groups is 1. The van der Waals surface area contributed by atoms with Crippen molar-refractivity contribution in [2.24, 2.45) is 16.5 Å². The Morgan fingerprint density at radius 3 is 2.57 bits per heavy atom. The number of hydrogen-bond donors (Lipinski definition) is 2. The predicted octanol–water partition coefficient (Wildman–Crippen LogP) is 2.01. The van der Waals surface area contributed by atoms with E-state index >= 15 is 0 Å². The molecule has 0 aromatic heterocycles. The number of benzene rings is 1. The molecule has 3 N–H and O–H groups in total. The Balaban J connectivity index is 2.21. The predicted molar refractivity (Wildman–Crippen MR) is 79.7 cm³/mol. The number of nitrogens with two attached hydrogens (primary N) is 1. The third-order valence-corrected chi connectivity index (χ3v) is 5.67. The number of halogens is 2. The molecule has 1 aromatic rings. The molecule has 1 aliphatic carbocycles. The van der Waals surface area contributed by atoms with Crippen molar-refractivity contribution in [2.75, 3.05) is 6.54 Å². The molecule has 0 heterocycles. The van der Waals surface area contributed by atoms with E-state index in [9.17, 15) is 17.6 Å². The molecule has 0 aliphatic heterocycles. The minimum atomic E-state index is -4.04. The van der Waals surface area contributed by atoms with Crippen molar-refractivity contribution < 1.29 is 17.6 Å². The summed E-state index contributed by atoms with van der Waals surface area (Å²) in [6.07, 6.45) is 0.999. The monoisotopic (exact) mass is 378 g/mol. The van der Waals surface area contributed by atoms with Crippen molar-refractivity contribution >= 4 is 31.9 Å². The number of nitrogens with one attached hydrogen (secondary N) is 1. The quantitative estimate of drug-likeness (QED) is 0.839. The first-order valence-corrected chi connectivity index (χ1v) is 8.66. The van der Waals surface area contributed by atoms with Crippen LogP contribution in [0.5, 0.6) is 0 Å². The van der Waals surface area contributed by atoms with Crippen LogP contribution < -0.4 is 10.5 Å². The Morgan fingerprint density at radius 1 is 1.52 bits per heavy atom. The maximum atomic E-state index is 13.8. The van der Waals surface area contributed by atoms with Gasteiger partial charge in [0.2, 0.25) is 10.0 Å². The SMILES string of the molecule is CC1(C)CC1CNC(=O)c1cc(S(N)(=O)=O)c(Br)cc1F. The summed E-state index contributed by atoms with van der Waals surface area (Å²) < 4.78 is 36.6. The largest absolute Gasteiger partial charge is 0.352 e. The highest BCUT2D eigenvalue weighted by Crippen LogP contribution is 2.51. The van der Waals surface area contributed by atoms with Crippen molar-refractivity contribution in [1.82, 2.24) is 5.32 Å². The van der Waals surface area contributed by atoms with Crippen LogP contribution in [0.25, 0.3) is 0 Å². The number of hydrogen-bond acceptors (Lipinski definition) is 3. The molecule has 1 unspecified atom stereocenters. The van der Waals surface area contributed by atoms with Gasteiger partial charge in [-0.25, -0.2) is 17.9 Å². The molecular formula is C13H16BrFN2O3S. The van der Waals surface area contributed by atoms with E-state index in [4.69, 9.17) is 5.14 Å². The van der Waals surface area contributed by atoms with Gasteiger partial charge in [0.05, 0.1) is 10.5 Å². The molecule has 8 heteroatoms. The topological polar surface area (TPSA) is 89.3 Å². The molecule has 0 saturated heterocycles. The molecule has 1 saturated carbocycles. The third-order valence-electron chi connectivity index (χ3n) is 3.80. The third kappa shape index (κ3) is 3.61. The lowest BCUT2D eigenvalue weighted by Gasteiger charge is -2.09. The highest BCUT2D eigenvalue weighted by Gasteiger charge is 2.45. The average molecular weight is 379 g/mol. The van der Waals surface area contributed by atoms with Crippen LogP contribution in [0, 0.1) is 17.2 Å². The summed E-state index contributed by atoms with van der Waals surface area (Å²) in [7, 11) is -4.04. The van der Waals surface area contributed by atoms with Gasteiger partial charge in [-0.3, -0.25) is 4.79 Å². The molecule has 21 heavy (non-hydrogen) atoms. The van der Waals surface area contributed by atoms with Crippen LogP contribution in [0.4, 0.5) is 4.39 Å². The zero-order chi connectivity index (χ0) is 16.0. The van der Waals surface area contributed by atoms with E-state index in [1.54, 1.807) is 0 Å². The second-order valence-corrected chi connectivity index (χ2v) is 8.29. The molecular weight excluding hydrogens is 363 g/mol. The summed E-state index contributed by atoms with van der Waals surface area (Å²) in [5.41, 5.74) is -0.141. The summed E-state index contributed by atoms with van der Waals surface area (Å²) in [6.45, 7) is 4.61. The van der Waals surface area contributed by atoms with Gasteiger partial charge in [0.15, 0.2) is 0 Å². The van der Waals surface area contributed by atoms with E-state index in [1.807, 2.05) is 0 Å². The van der Waals surface area contributed by atoms with E-state index in [0.717, 1.165) is 18.6 Å². The number of primary sulfonamides is 1. The lowest BCUT2D eigenvalue weighted by molar-refractivity contribution is 0.0946. The van der Waals surface area contributed by atoms with E-state index in [2.05, 4.69) is 35.1 Å². The zero-order valence-electron chi connectivity index (χ0n) is 11.6. The Kier molecular flexibility index (Phi) is 4.16. The van der Waals surface area contributed by atoms with E-state index in [-0.39, 0.29) is 20.3 Å². The molecule has 1 fully saturated rings. The van der Waals surface area contributed by atoms with Crippen molar-refractivity contribution in [3.63, 3.8) is 0 Å². The van der Waals surface area contributed by atoms with Crippen molar-refractivity contribution in [2.45, 2.75) is 25.2 Å². The second-order valence-electron chi connectivity index (χ2n) is 5.91. The van der Waals surface area contributed by atoms with Crippen LogP contribution in [0.3, 0.4) is 0 Å². The minimum Gasteiger partial charge on any atom is -0.352 e. The lowest BCUT2D eigenvalue weighted by atomic mass is 10.1. The van der Waals surface area contributed by atoms with E-state index < -0.39 is 21.7 Å². The molecule has 0 radical (unpaired) electrons. The zero-order valence-corrected chi connectivity index (χ0v) is 14.0. The molecule has 1 amide bonds. The van der Waals surface area contributed by atoms with Crippen LogP contribution in [0.1, 0.15) is 30.6 Å². The fourth-order valence-electron chi connectivity index (χ4n) is 2.16. The molecule has 5 nitrogen and oxygen atoms in total. The van der Waals surface area contributed by atoms with Crippen molar-refractivity contribution in [3.8, 4) is 0 Å². The fourth-order valence-corrected chi connectivity index (χ4v) is 3.76. The van der Waals surface area contributed by atoms with Crippen LogP contribution in [-0.4, -0.2) is 20.9 Å². The fraction of sp³-hybridized carbons (Fsp3) is 0.462. The van der Waals surface area contributed by atoms with E-state index in [1.165, 1.54) is 0 Å². The Labute approximate surface area is 131 Å². The van der Waals surface area contributed by atoms with Crippen LogP contribution in [0.2, 0.25) is 0 Å². The Morgan fingerprint density at radius 2 is 2.10 bits per heavy atom. The van der Waals surface area contributed by atoms with Gasteiger partial charge < -0.3 is 5.32 Å². The molecule has 1 aromatic carbocycles. The first kappa shape index (κ1) is 16.4. The number of carbonyl (C=O) groups excluding carboxylic acids is 1. The molecule has 0 spiro atoms. The van der Waals surface area contributed by atoms with Crippen molar-refractivity contribution in [1.29, 1.82) is 0 Å². The lowest BCUT2D eigenvalue weighted by Crippen LogP contribution is -2.28. The number of rotatable bonds is 4. The number of sulfonamides is 1. The highest BCUT2D eigenvalue weighted by molar-refractivity contribution is 9.10. The van der Waals surface area contributed by atoms with E-state index in [0.29, 0.717) is 12.5 Å². The summed E-state index contributed by atoms with van der Waals surface area (Å²) >= 11 is 2.92. The summed E-state index contributed by atoms with van der Waals surface area (Å²) in [5.74, 6) is -1.09. The smallest absolute Gasteiger partial charge is 0.254 e. The van der Waals surface area contributed by atoms with Crippen molar-refractivity contribution in [3.05, 3.63) is 28.0 Å². The molecule has 1 atom stereocenters. The normalized spacial score (nSPS) is 20.1. The first-order valence-electron chi connectivity index (χ1n) is 6.32. The van der Waals surface area contributed by atoms with Crippen LogP contribution in [0.15, 0.2) is 21.5 Å².